The molecule has 26 heavy (non-hydrogen) atoms. The first kappa shape index (κ1) is 18.7. The lowest BCUT2D eigenvalue weighted by Gasteiger charge is -2.46. The highest BCUT2D eigenvalue weighted by Gasteiger charge is 2.40. The molecule has 2 heterocycles. The van der Waals surface area contributed by atoms with Gasteiger partial charge in [0, 0.05) is 59.3 Å². The van der Waals surface area contributed by atoms with Crippen LogP contribution in [0.4, 0.5) is 5.69 Å². The van der Waals surface area contributed by atoms with Gasteiger partial charge in [0.25, 0.3) is 0 Å². The minimum atomic E-state index is 0.238. The van der Waals surface area contributed by atoms with Crippen LogP contribution in [0.15, 0.2) is 24.3 Å². The van der Waals surface area contributed by atoms with Gasteiger partial charge < -0.3 is 14.7 Å². The van der Waals surface area contributed by atoms with E-state index in [1.165, 1.54) is 11.3 Å². The molecule has 0 bridgehead atoms. The normalized spacial score (nSPS) is 19.7. The Bertz CT molecular complexity index is 646. The highest BCUT2D eigenvalue weighted by Crippen LogP contribution is 2.39. The van der Waals surface area contributed by atoms with Gasteiger partial charge >= 0.3 is 0 Å². The zero-order valence-electron chi connectivity index (χ0n) is 16.3. The SMILES string of the molecule is CN1CC2(CCC1=O)CCN(C(=O)CCc1ccc(N(C)C)cc1)CC2. The lowest BCUT2D eigenvalue weighted by Crippen LogP contribution is -2.51. The van der Waals surface area contributed by atoms with E-state index in [4.69, 9.17) is 0 Å². The summed E-state index contributed by atoms with van der Waals surface area (Å²) in [5.41, 5.74) is 2.63. The summed E-state index contributed by atoms with van der Waals surface area (Å²) in [6.45, 7) is 2.52. The monoisotopic (exact) mass is 357 g/mol. The minimum Gasteiger partial charge on any atom is -0.378 e. The summed E-state index contributed by atoms with van der Waals surface area (Å²) in [4.78, 5) is 30.3. The molecule has 2 saturated heterocycles. The number of carbonyl (C=O) groups is 2. The van der Waals surface area contributed by atoms with Crippen molar-refractivity contribution in [3.05, 3.63) is 29.8 Å². The molecule has 3 rings (SSSR count). The van der Waals surface area contributed by atoms with E-state index in [-0.39, 0.29) is 17.2 Å². The molecule has 2 amide bonds. The predicted molar refractivity (Wildman–Crippen MR) is 104 cm³/mol. The first-order chi connectivity index (χ1) is 12.4. The van der Waals surface area contributed by atoms with Gasteiger partial charge in [-0.25, -0.2) is 0 Å². The average Bonchev–Trinajstić information content (AvgIpc) is 2.64. The summed E-state index contributed by atoms with van der Waals surface area (Å²) in [7, 11) is 5.96. The Morgan fingerprint density at radius 3 is 2.35 bits per heavy atom. The Labute approximate surface area is 156 Å². The lowest BCUT2D eigenvalue weighted by atomic mass is 9.72. The Morgan fingerprint density at radius 2 is 1.77 bits per heavy atom. The summed E-state index contributed by atoms with van der Waals surface area (Å²) < 4.78 is 0. The van der Waals surface area contributed by atoms with Crippen LogP contribution in [0.1, 0.15) is 37.7 Å². The molecule has 0 atom stereocenters. The van der Waals surface area contributed by atoms with Crippen molar-refractivity contribution in [1.82, 2.24) is 9.80 Å². The molecule has 0 saturated carbocycles. The summed E-state index contributed by atoms with van der Waals surface area (Å²) in [6.07, 6.45) is 5.06. The van der Waals surface area contributed by atoms with Crippen molar-refractivity contribution in [3.8, 4) is 0 Å². The van der Waals surface area contributed by atoms with E-state index >= 15 is 0 Å². The van der Waals surface area contributed by atoms with E-state index in [2.05, 4.69) is 29.2 Å². The van der Waals surface area contributed by atoms with Crippen molar-refractivity contribution in [2.45, 2.75) is 38.5 Å². The first-order valence-corrected chi connectivity index (χ1v) is 9.67. The second kappa shape index (κ2) is 7.68. The van der Waals surface area contributed by atoms with Crippen molar-refractivity contribution in [3.63, 3.8) is 0 Å². The van der Waals surface area contributed by atoms with Crippen LogP contribution in [0.2, 0.25) is 0 Å². The number of anilines is 1. The maximum absolute atomic E-state index is 12.6. The standard InChI is InChI=1S/C21H31N3O2/c1-22(2)18-7-4-17(5-8-18)6-9-20(26)24-14-12-21(13-15-24)11-10-19(25)23(3)16-21/h4-5,7-8H,6,9-16H2,1-3H3. The highest BCUT2D eigenvalue weighted by molar-refractivity contribution is 5.77. The molecule has 0 aromatic heterocycles. The van der Waals surface area contributed by atoms with Gasteiger partial charge in [-0.1, -0.05) is 12.1 Å². The first-order valence-electron chi connectivity index (χ1n) is 9.67. The zero-order chi connectivity index (χ0) is 18.7. The van der Waals surface area contributed by atoms with E-state index in [1.54, 1.807) is 0 Å². The van der Waals surface area contributed by atoms with Gasteiger partial charge in [-0.15, -0.1) is 0 Å². The molecule has 2 aliphatic rings. The van der Waals surface area contributed by atoms with Crippen LogP contribution >= 0.6 is 0 Å². The molecule has 5 nitrogen and oxygen atoms in total. The molecule has 2 aliphatic heterocycles. The Balaban J connectivity index is 1.47. The minimum absolute atomic E-state index is 0.238. The zero-order valence-corrected chi connectivity index (χ0v) is 16.3. The maximum atomic E-state index is 12.6. The summed E-state index contributed by atoms with van der Waals surface area (Å²) in [5, 5.41) is 0. The Kier molecular flexibility index (Phi) is 5.54. The molecule has 2 fully saturated rings. The number of piperidine rings is 2. The summed E-state index contributed by atoms with van der Waals surface area (Å²) in [5.74, 6) is 0.520. The van der Waals surface area contributed by atoms with Crippen LogP contribution < -0.4 is 4.90 Å². The van der Waals surface area contributed by atoms with Gasteiger partial charge in [0.2, 0.25) is 11.8 Å². The number of aryl methyl sites for hydroxylation is 1. The molecular weight excluding hydrogens is 326 g/mol. The number of carbonyl (C=O) groups excluding carboxylic acids is 2. The van der Waals surface area contributed by atoms with Crippen LogP contribution in [0, 0.1) is 5.41 Å². The smallest absolute Gasteiger partial charge is 0.222 e. The molecule has 1 aromatic rings. The molecule has 0 radical (unpaired) electrons. The average molecular weight is 357 g/mol. The van der Waals surface area contributed by atoms with Crippen LogP contribution in [-0.4, -0.2) is 62.4 Å². The van der Waals surface area contributed by atoms with Gasteiger partial charge in [-0.2, -0.15) is 0 Å². The molecular formula is C21H31N3O2. The van der Waals surface area contributed by atoms with E-state index in [9.17, 15) is 9.59 Å². The van der Waals surface area contributed by atoms with Crippen LogP contribution in [0.3, 0.4) is 0 Å². The molecule has 0 unspecified atom stereocenters. The topological polar surface area (TPSA) is 43.9 Å². The van der Waals surface area contributed by atoms with Crippen molar-refractivity contribution in [1.29, 1.82) is 0 Å². The predicted octanol–water partition coefficient (Wildman–Crippen LogP) is 2.55. The highest BCUT2D eigenvalue weighted by atomic mass is 16.2. The van der Waals surface area contributed by atoms with E-state index in [0.717, 1.165) is 45.3 Å². The largest absolute Gasteiger partial charge is 0.378 e. The fourth-order valence-electron chi connectivity index (χ4n) is 4.24. The fourth-order valence-corrected chi connectivity index (χ4v) is 4.24. The second-order valence-electron chi connectivity index (χ2n) is 8.19. The fraction of sp³-hybridized carbons (Fsp3) is 0.619. The van der Waals surface area contributed by atoms with E-state index in [1.807, 2.05) is 30.9 Å². The van der Waals surface area contributed by atoms with Gasteiger partial charge in [0.05, 0.1) is 0 Å². The number of benzene rings is 1. The third-order valence-corrected chi connectivity index (χ3v) is 6.12. The number of hydrogen-bond acceptors (Lipinski definition) is 3. The lowest BCUT2D eigenvalue weighted by molar-refractivity contribution is -0.141. The van der Waals surface area contributed by atoms with Crippen molar-refractivity contribution in [2.75, 3.05) is 45.7 Å². The van der Waals surface area contributed by atoms with Crippen LogP contribution in [-0.2, 0) is 16.0 Å². The van der Waals surface area contributed by atoms with Crippen molar-refractivity contribution < 1.29 is 9.59 Å². The third-order valence-electron chi connectivity index (χ3n) is 6.12. The number of amides is 2. The molecule has 5 heteroatoms. The number of nitrogens with zero attached hydrogens (tertiary/aromatic N) is 3. The summed E-state index contributed by atoms with van der Waals surface area (Å²) in [6, 6.07) is 8.43. The molecule has 1 spiro atoms. The maximum Gasteiger partial charge on any atom is 0.222 e. The van der Waals surface area contributed by atoms with E-state index < -0.39 is 0 Å². The molecule has 142 valence electrons. The molecule has 1 aromatic carbocycles. The van der Waals surface area contributed by atoms with Crippen LogP contribution in [0.5, 0.6) is 0 Å². The van der Waals surface area contributed by atoms with Crippen LogP contribution in [0.25, 0.3) is 0 Å². The van der Waals surface area contributed by atoms with Crippen molar-refractivity contribution in [2.24, 2.45) is 5.41 Å². The van der Waals surface area contributed by atoms with Gasteiger partial charge in [0.1, 0.15) is 0 Å². The quantitative estimate of drug-likeness (QED) is 0.832. The van der Waals surface area contributed by atoms with Gasteiger partial charge in [-0.3, -0.25) is 9.59 Å². The third kappa shape index (κ3) is 4.19. The van der Waals surface area contributed by atoms with Gasteiger partial charge in [0.15, 0.2) is 0 Å². The Morgan fingerprint density at radius 1 is 1.12 bits per heavy atom. The summed E-state index contributed by atoms with van der Waals surface area (Å²) >= 11 is 0. The number of rotatable bonds is 4. The van der Waals surface area contributed by atoms with Crippen molar-refractivity contribution >= 4 is 17.5 Å². The van der Waals surface area contributed by atoms with E-state index in [0.29, 0.717) is 12.8 Å². The molecule has 0 aliphatic carbocycles. The van der Waals surface area contributed by atoms with Gasteiger partial charge in [-0.05, 0) is 48.8 Å². The number of likely N-dealkylation sites (tertiary alicyclic amines) is 2. The number of hydrogen-bond donors (Lipinski definition) is 0. The second-order valence-corrected chi connectivity index (χ2v) is 8.19. The Hall–Kier alpha value is -2.04. The molecule has 0 N–H and O–H groups in total.